The quantitative estimate of drug-likeness (QED) is 0.461. The van der Waals surface area contributed by atoms with E-state index in [1.165, 1.54) is 12.1 Å². The standard InChI is InChI=1S/C23H24FN5O3/c1-15-7-10-27(11-8-15)21-5-3-17(13-22(21)29(31)32)23(30)26-18-4-6-20(19(24)14-18)28-12-9-25-16(28)2/h3-6,9,12-15H,7-8,10-11H2,1-2H3,(H,26,30). The van der Waals surface area contributed by atoms with Crippen molar-refractivity contribution in [1.82, 2.24) is 9.55 Å². The van der Waals surface area contributed by atoms with Gasteiger partial charge in [-0.05, 0) is 56.0 Å². The molecular formula is C23H24FN5O3. The lowest BCUT2D eigenvalue weighted by molar-refractivity contribution is -0.384. The van der Waals surface area contributed by atoms with E-state index in [0.717, 1.165) is 25.9 Å². The molecule has 166 valence electrons. The number of benzene rings is 2. The summed E-state index contributed by atoms with van der Waals surface area (Å²) in [4.78, 5) is 30.0. The lowest BCUT2D eigenvalue weighted by atomic mass is 9.98. The number of imidazole rings is 1. The fraction of sp³-hybridized carbons (Fsp3) is 0.304. The number of nitro groups is 1. The summed E-state index contributed by atoms with van der Waals surface area (Å²) < 4.78 is 16.2. The van der Waals surface area contributed by atoms with Crippen LogP contribution in [0.15, 0.2) is 48.8 Å². The van der Waals surface area contributed by atoms with Crippen LogP contribution in [0, 0.1) is 28.8 Å². The second-order valence-corrected chi connectivity index (χ2v) is 8.09. The maximum absolute atomic E-state index is 14.6. The largest absolute Gasteiger partial charge is 0.366 e. The molecule has 0 unspecified atom stereocenters. The number of halogens is 1. The molecule has 2 aromatic carbocycles. The van der Waals surface area contributed by atoms with Crippen LogP contribution in [-0.2, 0) is 0 Å². The molecule has 2 heterocycles. The van der Waals surface area contributed by atoms with Gasteiger partial charge >= 0.3 is 0 Å². The number of nitrogens with one attached hydrogen (secondary N) is 1. The van der Waals surface area contributed by atoms with Crippen LogP contribution in [0.2, 0.25) is 0 Å². The number of carbonyl (C=O) groups excluding carboxylic acids is 1. The van der Waals surface area contributed by atoms with E-state index in [4.69, 9.17) is 0 Å². The molecule has 1 aromatic heterocycles. The second-order valence-electron chi connectivity index (χ2n) is 8.09. The Bertz CT molecular complexity index is 1170. The molecule has 1 aliphatic heterocycles. The van der Waals surface area contributed by atoms with E-state index in [-0.39, 0.29) is 16.9 Å². The first-order valence-corrected chi connectivity index (χ1v) is 10.5. The Hall–Kier alpha value is -3.75. The van der Waals surface area contributed by atoms with Crippen LogP contribution in [0.3, 0.4) is 0 Å². The average Bonchev–Trinajstić information content (AvgIpc) is 3.19. The molecule has 8 nitrogen and oxygen atoms in total. The number of rotatable bonds is 5. The van der Waals surface area contributed by atoms with Gasteiger partial charge in [0, 0.05) is 42.8 Å². The Morgan fingerprint density at radius 2 is 1.91 bits per heavy atom. The molecule has 3 aromatic rings. The molecular weight excluding hydrogens is 413 g/mol. The van der Waals surface area contributed by atoms with Crippen LogP contribution >= 0.6 is 0 Å². The van der Waals surface area contributed by atoms with Gasteiger partial charge in [0.05, 0.1) is 10.6 Å². The van der Waals surface area contributed by atoms with Crippen LogP contribution in [0.25, 0.3) is 5.69 Å². The molecule has 1 saturated heterocycles. The number of nitro benzene ring substituents is 1. The van der Waals surface area contributed by atoms with Crippen molar-refractivity contribution in [2.24, 2.45) is 5.92 Å². The van der Waals surface area contributed by atoms with Gasteiger partial charge in [-0.25, -0.2) is 9.37 Å². The molecule has 0 bridgehead atoms. The van der Waals surface area contributed by atoms with Gasteiger partial charge in [-0.2, -0.15) is 0 Å². The lowest BCUT2D eigenvalue weighted by Crippen LogP contribution is -2.33. The van der Waals surface area contributed by atoms with Gasteiger partial charge in [0.1, 0.15) is 17.3 Å². The molecule has 0 atom stereocenters. The number of piperidine rings is 1. The summed E-state index contributed by atoms with van der Waals surface area (Å²) in [7, 11) is 0. The zero-order valence-electron chi connectivity index (χ0n) is 17.9. The van der Waals surface area contributed by atoms with Crippen molar-refractivity contribution in [2.75, 3.05) is 23.3 Å². The Balaban J connectivity index is 1.54. The molecule has 4 rings (SSSR count). The molecule has 1 fully saturated rings. The molecule has 0 spiro atoms. The highest BCUT2D eigenvalue weighted by atomic mass is 19.1. The number of anilines is 2. The minimum Gasteiger partial charge on any atom is -0.366 e. The van der Waals surface area contributed by atoms with E-state index in [0.29, 0.717) is 23.1 Å². The predicted octanol–water partition coefficient (Wildman–Crippen LogP) is 4.72. The average molecular weight is 437 g/mol. The van der Waals surface area contributed by atoms with Crippen LogP contribution < -0.4 is 10.2 Å². The first kappa shape index (κ1) is 21.5. The summed E-state index contributed by atoms with van der Waals surface area (Å²) in [6, 6.07) is 8.80. The van der Waals surface area contributed by atoms with Crippen molar-refractivity contribution in [3.63, 3.8) is 0 Å². The maximum Gasteiger partial charge on any atom is 0.293 e. The predicted molar refractivity (Wildman–Crippen MR) is 120 cm³/mol. The van der Waals surface area contributed by atoms with E-state index >= 15 is 0 Å². The van der Waals surface area contributed by atoms with Crippen molar-refractivity contribution in [2.45, 2.75) is 26.7 Å². The van der Waals surface area contributed by atoms with Gasteiger partial charge < -0.3 is 14.8 Å². The summed E-state index contributed by atoms with van der Waals surface area (Å²) in [5, 5.41) is 14.3. The SMILES string of the molecule is Cc1nccn1-c1ccc(NC(=O)c2ccc(N3CCC(C)CC3)c([N+](=O)[O-])c2)cc1F. The monoisotopic (exact) mass is 437 g/mol. The van der Waals surface area contributed by atoms with E-state index in [9.17, 15) is 19.3 Å². The molecule has 1 N–H and O–H groups in total. The van der Waals surface area contributed by atoms with Crippen molar-refractivity contribution >= 4 is 23.0 Å². The Labute approximate surface area is 184 Å². The van der Waals surface area contributed by atoms with E-state index < -0.39 is 16.6 Å². The molecule has 0 saturated carbocycles. The van der Waals surface area contributed by atoms with Crippen LogP contribution in [-0.4, -0.2) is 33.5 Å². The number of hydrogen-bond donors (Lipinski definition) is 1. The fourth-order valence-corrected chi connectivity index (χ4v) is 3.94. The minimum atomic E-state index is -0.544. The third kappa shape index (κ3) is 4.32. The number of aryl methyl sites for hydroxylation is 1. The summed E-state index contributed by atoms with van der Waals surface area (Å²) in [6.07, 6.45) is 5.17. The van der Waals surface area contributed by atoms with E-state index in [2.05, 4.69) is 17.2 Å². The molecule has 1 amide bonds. The normalized spacial score (nSPS) is 14.4. The zero-order valence-corrected chi connectivity index (χ0v) is 17.9. The van der Waals surface area contributed by atoms with Crippen molar-refractivity contribution < 1.29 is 14.1 Å². The number of amides is 1. The highest BCUT2D eigenvalue weighted by Crippen LogP contribution is 2.32. The molecule has 32 heavy (non-hydrogen) atoms. The van der Waals surface area contributed by atoms with Crippen LogP contribution in [0.1, 0.15) is 35.9 Å². The molecule has 1 aliphatic rings. The minimum absolute atomic E-state index is 0.107. The Morgan fingerprint density at radius 3 is 2.53 bits per heavy atom. The first-order chi connectivity index (χ1) is 15.3. The van der Waals surface area contributed by atoms with Gasteiger partial charge in [0.2, 0.25) is 0 Å². The topological polar surface area (TPSA) is 93.3 Å². The van der Waals surface area contributed by atoms with Gasteiger partial charge in [-0.1, -0.05) is 6.92 Å². The number of carbonyl (C=O) groups is 1. The molecule has 0 aliphatic carbocycles. The van der Waals surface area contributed by atoms with Crippen LogP contribution in [0.5, 0.6) is 0 Å². The first-order valence-electron chi connectivity index (χ1n) is 10.5. The third-order valence-corrected chi connectivity index (χ3v) is 5.85. The molecule has 9 heteroatoms. The van der Waals surface area contributed by atoms with Crippen molar-refractivity contribution in [3.05, 3.63) is 76.1 Å². The highest BCUT2D eigenvalue weighted by Gasteiger charge is 2.25. The Morgan fingerprint density at radius 1 is 1.19 bits per heavy atom. The van der Waals surface area contributed by atoms with Crippen molar-refractivity contribution in [1.29, 1.82) is 0 Å². The summed E-state index contributed by atoms with van der Waals surface area (Å²) in [5.74, 6) is 0.165. The van der Waals surface area contributed by atoms with Gasteiger partial charge in [0.25, 0.3) is 11.6 Å². The lowest BCUT2D eigenvalue weighted by Gasteiger charge is -2.31. The Kier molecular flexibility index (Phi) is 5.89. The van der Waals surface area contributed by atoms with Crippen LogP contribution in [0.4, 0.5) is 21.5 Å². The van der Waals surface area contributed by atoms with E-state index in [1.807, 2.05) is 4.90 Å². The van der Waals surface area contributed by atoms with Gasteiger partial charge in [0.15, 0.2) is 0 Å². The van der Waals surface area contributed by atoms with Gasteiger partial charge in [-0.15, -0.1) is 0 Å². The zero-order chi connectivity index (χ0) is 22.8. The smallest absolute Gasteiger partial charge is 0.293 e. The number of aromatic nitrogens is 2. The summed E-state index contributed by atoms with van der Waals surface area (Å²) >= 11 is 0. The third-order valence-electron chi connectivity index (χ3n) is 5.85. The fourth-order valence-electron chi connectivity index (χ4n) is 3.94. The second kappa shape index (κ2) is 8.78. The van der Waals surface area contributed by atoms with Crippen molar-refractivity contribution in [3.8, 4) is 5.69 Å². The maximum atomic E-state index is 14.6. The number of hydrogen-bond acceptors (Lipinski definition) is 5. The molecule has 0 radical (unpaired) electrons. The summed E-state index contributed by atoms with van der Waals surface area (Å²) in [5.41, 5.74) is 1.12. The summed E-state index contributed by atoms with van der Waals surface area (Å²) in [6.45, 7) is 5.42. The van der Waals surface area contributed by atoms with Gasteiger partial charge in [-0.3, -0.25) is 14.9 Å². The van der Waals surface area contributed by atoms with E-state index in [1.54, 1.807) is 48.1 Å². The number of nitrogens with zero attached hydrogens (tertiary/aromatic N) is 4. The highest BCUT2D eigenvalue weighted by molar-refractivity contribution is 6.05.